The lowest BCUT2D eigenvalue weighted by Crippen LogP contribution is -2.59. The quantitative estimate of drug-likeness (QED) is 0.466. The Hall–Kier alpha value is -3.20. The smallest absolute Gasteiger partial charge is 0.246 e. The molecular weight excluding hydrogens is 422 g/mol. The van der Waals surface area contributed by atoms with Gasteiger partial charge in [-0.1, -0.05) is 38.1 Å². The summed E-state index contributed by atoms with van der Waals surface area (Å²) < 4.78 is 5.04. The van der Waals surface area contributed by atoms with Crippen molar-refractivity contribution < 1.29 is 19.1 Å². The highest BCUT2D eigenvalue weighted by Crippen LogP contribution is 2.25. The number of rotatable bonds is 10. The Morgan fingerprint density at radius 2 is 2.00 bits per heavy atom. The molecule has 2 heterocycles. The summed E-state index contributed by atoms with van der Waals surface area (Å²) in [5, 5.41) is 5.80. The molecule has 0 unspecified atom stereocenters. The van der Waals surface area contributed by atoms with Crippen LogP contribution in [0.4, 0.5) is 0 Å². The lowest BCUT2D eigenvalue weighted by atomic mass is 9.91. The van der Waals surface area contributed by atoms with Crippen LogP contribution in [0.5, 0.6) is 0 Å². The van der Waals surface area contributed by atoms with E-state index in [2.05, 4.69) is 20.6 Å². The van der Waals surface area contributed by atoms with Gasteiger partial charge < -0.3 is 25.3 Å². The van der Waals surface area contributed by atoms with E-state index in [4.69, 9.17) is 4.74 Å². The Bertz CT molecular complexity index is 944. The van der Waals surface area contributed by atoms with Crippen LogP contribution in [0.1, 0.15) is 37.1 Å². The van der Waals surface area contributed by atoms with Gasteiger partial charge in [-0.2, -0.15) is 0 Å². The SMILES string of the molecule is COCCCNC(=O)[C@@H]1Cc2ccccc2CN1C(=O)[C@@H](NC(=O)Cc1cnc[nH]1)C(C)C. The van der Waals surface area contributed by atoms with Crippen LogP contribution >= 0.6 is 0 Å². The number of hydrogen-bond donors (Lipinski definition) is 3. The summed E-state index contributed by atoms with van der Waals surface area (Å²) in [6.45, 7) is 5.12. The number of fused-ring (bicyclic) bond motifs is 1. The molecule has 1 aliphatic heterocycles. The molecule has 1 aliphatic rings. The minimum atomic E-state index is -0.741. The molecule has 0 bridgehead atoms. The first-order valence-corrected chi connectivity index (χ1v) is 11.3. The molecule has 0 spiro atoms. The Morgan fingerprint density at radius 1 is 1.24 bits per heavy atom. The van der Waals surface area contributed by atoms with E-state index in [9.17, 15) is 14.4 Å². The monoisotopic (exact) mass is 455 g/mol. The number of nitrogens with one attached hydrogen (secondary N) is 3. The zero-order valence-electron chi connectivity index (χ0n) is 19.5. The zero-order chi connectivity index (χ0) is 23.8. The van der Waals surface area contributed by atoms with Crippen molar-refractivity contribution in [3.63, 3.8) is 0 Å². The topological polar surface area (TPSA) is 116 Å². The second kappa shape index (κ2) is 11.6. The molecule has 3 N–H and O–H groups in total. The average molecular weight is 456 g/mol. The van der Waals surface area contributed by atoms with Gasteiger partial charge in [-0.25, -0.2) is 4.98 Å². The molecule has 1 aromatic carbocycles. The molecule has 0 fully saturated rings. The van der Waals surface area contributed by atoms with Crippen molar-refractivity contribution in [2.24, 2.45) is 5.92 Å². The molecule has 9 nitrogen and oxygen atoms in total. The van der Waals surface area contributed by atoms with Crippen LogP contribution in [0.25, 0.3) is 0 Å². The van der Waals surface area contributed by atoms with E-state index in [1.165, 1.54) is 6.33 Å². The van der Waals surface area contributed by atoms with Gasteiger partial charge in [-0.3, -0.25) is 14.4 Å². The third kappa shape index (κ3) is 6.41. The lowest BCUT2D eigenvalue weighted by Gasteiger charge is -2.38. The van der Waals surface area contributed by atoms with Crippen molar-refractivity contribution in [2.75, 3.05) is 20.3 Å². The predicted molar refractivity (Wildman–Crippen MR) is 123 cm³/mol. The van der Waals surface area contributed by atoms with E-state index in [-0.39, 0.29) is 30.1 Å². The molecule has 0 saturated carbocycles. The number of methoxy groups -OCH3 is 1. The zero-order valence-corrected chi connectivity index (χ0v) is 19.5. The fraction of sp³-hybridized carbons (Fsp3) is 0.500. The Kier molecular flexibility index (Phi) is 8.59. The molecular formula is C24H33N5O4. The molecule has 2 atom stereocenters. The molecule has 3 rings (SSSR count). The average Bonchev–Trinajstić information content (AvgIpc) is 3.31. The summed E-state index contributed by atoms with van der Waals surface area (Å²) in [6, 6.07) is 6.46. The van der Waals surface area contributed by atoms with E-state index in [0.717, 1.165) is 11.1 Å². The number of amides is 3. The van der Waals surface area contributed by atoms with Gasteiger partial charge in [0.2, 0.25) is 17.7 Å². The maximum Gasteiger partial charge on any atom is 0.246 e. The normalized spacial score (nSPS) is 16.2. The highest BCUT2D eigenvalue weighted by Gasteiger charge is 2.38. The van der Waals surface area contributed by atoms with Crippen LogP contribution in [-0.2, 0) is 38.5 Å². The first-order valence-electron chi connectivity index (χ1n) is 11.3. The minimum absolute atomic E-state index is 0.0999. The number of nitrogens with zero attached hydrogens (tertiary/aromatic N) is 2. The molecule has 3 amide bonds. The number of imidazole rings is 1. The van der Waals surface area contributed by atoms with Gasteiger partial charge >= 0.3 is 0 Å². The number of aromatic amines is 1. The van der Waals surface area contributed by atoms with E-state index in [0.29, 0.717) is 38.2 Å². The molecule has 0 saturated heterocycles. The van der Waals surface area contributed by atoms with Gasteiger partial charge in [0, 0.05) is 45.1 Å². The van der Waals surface area contributed by atoms with Crippen molar-refractivity contribution in [3.8, 4) is 0 Å². The summed E-state index contributed by atoms with van der Waals surface area (Å²) in [5.41, 5.74) is 2.74. The summed E-state index contributed by atoms with van der Waals surface area (Å²) in [7, 11) is 1.62. The number of hydrogen-bond acceptors (Lipinski definition) is 5. The standard InChI is InChI=1S/C24H33N5O4/c1-16(2)22(28-21(30)12-19-13-25-15-27-19)24(32)29-14-18-8-5-4-7-17(18)11-20(29)23(31)26-9-6-10-33-3/h4-5,7-8,13,15-16,20,22H,6,9-12,14H2,1-3H3,(H,25,27)(H,26,31)(H,28,30)/t20-,22-/m0/s1. The summed E-state index contributed by atoms with van der Waals surface area (Å²) >= 11 is 0. The Morgan fingerprint density at radius 3 is 2.67 bits per heavy atom. The molecule has 1 aromatic heterocycles. The van der Waals surface area contributed by atoms with Crippen molar-refractivity contribution in [1.82, 2.24) is 25.5 Å². The summed E-state index contributed by atoms with van der Waals surface area (Å²) in [5.74, 6) is -0.871. The van der Waals surface area contributed by atoms with Crippen LogP contribution in [-0.4, -0.2) is 64.9 Å². The van der Waals surface area contributed by atoms with Gasteiger partial charge in [0.1, 0.15) is 12.1 Å². The number of ether oxygens (including phenoxy) is 1. The van der Waals surface area contributed by atoms with Gasteiger partial charge in [-0.15, -0.1) is 0 Å². The van der Waals surface area contributed by atoms with Crippen LogP contribution < -0.4 is 10.6 Å². The van der Waals surface area contributed by atoms with Crippen LogP contribution in [0.2, 0.25) is 0 Å². The third-order valence-electron chi connectivity index (χ3n) is 5.81. The maximum absolute atomic E-state index is 13.7. The first-order chi connectivity index (χ1) is 15.9. The van der Waals surface area contributed by atoms with Crippen molar-refractivity contribution >= 4 is 17.7 Å². The Balaban J connectivity index is 1.77. The molecule has 0 radical (unpaired) electrons. The van der Waals surface area contributed by atoms with E-state index in [1.54, 1.807) is 18.2 Å². The van der Waals surface area contributed by atoms with Gasteiger partial charge in [-0.05, 0) is 23.5 Å². The second-order valence-corrected chi connectivity index (χ2v) is 8.63. The maximum atomic E-state index is 13.7. The van der Waals surface area contributed by atoms with Crippen LogP contribution in [0.15, 0.2) is 36.8 Å². The molecule has 2 aromatic rings. The minimum Gasteiger partial charge on any atom is -0.385 e. The molecule has 33 heavy (non-hydrogen) atoms. The lowest BCUT2D eigenvalue weighted by molar-refractivity contribution is -0.145. The molecule has 0 aliphatic carbocycles. The highest BCUT2D eigenvalue weighted by molar-refractivity contribution is 5.93. The largest absolute Gasteiger partial charge is 0.385 e. The first kappa shape index (κ1) is 24.4. The van der Waals surface area contributed by atoms with Crippen LogP contribution in [0, 0.1) is 5.92 Å². The van der Waals surface area contributed by atoms with Crippen molar-refractivity contribution in [3.05, 3.63) is 53.6 Å². The van der Waals surface area contributed by atoms with Crippen molar-refractivity contribution in [1.29, 1.82) is 0 Å². The number of H-pyrrole nitrogens is 1. The van der Waals surface area contributed by atoms with Crippen molar-refractivity contribution in [2.45, 2.75) is 51.7 Å². The van der Waals surface area contributed by atoms with Gasteiger partial charge in [0.25, 0.3) is 0 Å². The summed E-state index contributed by atoms with van der Waals surface area (Å²) in [4.78, 5) is 47.8. The van der Waals surface area contributed by atoms with E-state index >= 15 is 0 Å². The predicted octanol–water partition coefficient (Wildman–Crippen LogP) is 1.20. The number of aromatic nitrogens is 2. The second-order valence-electron chi connectivity index (χ2n) is 8.63. The fourth-order valence-electron chi connectivity index (χ4n) is 4.01. The number of benzene rings is 1. The van der Waals surface area contributed by atoms with Crippen LogP contribution in [0.3, 0.4) is 0 Å². The molecule has 9 heteroatoms. The highest BCUT2D eigenvalue weighted by atomic mass is 16.5. The van der Waals surface area contributed by atoms with Gasteiger partial charge in [0.15, 0.2) is 0 Å². The fourth-order valence-corrected chi connectivity index (χ4v) is 4.01. The number of carbonyl (C=O) groups excluding carboxylic acids is 3. The Labute approximate surface area is 194 Å². The molecule has 178 valence electrons. The van der Waals surface area contributed by atoms with E-state index < -0.39 is 12.1 Å². The third-order valence-corrected chi connectivity index (χ3v) is 5.81. The van der Waals surface area contributed by atoms with Gasteiger partial charge in [0.05, 0.1) is 12.7 Å². The summed E-state index contributed by atoms with van der Waals surface area (Å²) in [6.07, 6.45) is 4.32. The number of carbonyl (C=O) groups is 3. The van der Waals surface area contributed by atoms with E-state index in [1.807, 2.05) is 38.1 Å².